The Morgan fingerprint density at radius 2 is 1.53 bits per heavy atom. The van der Waals surface area contributed by atoms with Crippen LogP contribution in [0.25, 0.3) is 0 Å². The van der Waals surface area contributed by atoms with Crippen molar-refractivity contribution >= 4 is 11.7 Å². The summed E-state index contributed by atoms with van der Waals surface area (Å²) in [4.78, 5) is 13.9. The van der Waals surface area contributed by atoms with Crippen LogP contribution in [-0.2, 0) is 13.0 Å². The van der Waals surface area contributed by atoms with E-state index in [0.717, 1.165) is 55.4 Å². The molecule has 176 valence electrons. The summed E-state index contributed by atoms with van der Waals surface area (Å²) in [7, 11) is 0. The Morgan fingerprint density at radius 1 is 0.938 bits per heavy atom. The molecule has 0 unspecified atom stereocenters. The number of urea groups is 1. The minimum atomic E-state index is -1.10. The number of nitrogens with zero attached hydrogens (tertiary/aromatic N) is 1. The van der Waals surface area contributed by atoms with Gasteiger partial charge in [0.1, 0.15) is 11.5 Å². The first-order valence-electron chi connectivity index (χ1n) is 11.6. The smallest absolute Gasteiger partial charge is 0.322 e. The van der Waals surface area contributed by atoms with Gasteiger partial charge in [-0.05, 0) is 36.3 Å². The lowest BCUT2D eigenvalue weighted by molar-refractivity contribution is 0.245. The third kappa shape index (κ3) is 8.21. The second kappa shape index (κ2) is 13.1. The van der Waals surface area contributed by atoms with Crippen molar-refractivity contribution in [2.75, 3.05) is 11.4 Å². The maximum Gasteiger partial charge on any atom is 0.322 e. The minimum Gasteiger partial charge on any atom is -0.338 e. The standard InChI is InChI=1S/C26H35F3N2O/c1-4-5-6-7-8-15-30-26(32)31(25-23(28)16-22(27)17-24(25)29)18-21-13-11-20(12-14-21)10-9-19(2)3/h11-14,16-17,19H,4-10,15,18H2,1-3H3,(H,30,32). The average molecular weight is 449 g/mol. The van der Waals surface area contributed by atoms with Crippen molar-refractivity contribution in [1.82, 2.24) is 5.32 Å². The topological polar surface area (TPSA) is 32.3 Å². The molecule has 0 saturated carbocycles. The zero-order valence-electron chi connectivity index (χ0n) is 19.4. The molecule has 0 fully saturated rings. The number of amides is 2. The maximum atomic E-state index is 14.5. The van der Waals surface area contributed by atoms with Crippen LogP contribution in [0.4, 0.5) is 23.7 Å². The van der Waals surface area contributed by atoms with Gasteiger partial charge in [0.05, 0.1) is 6.54 Å². The highest BCUT2D eigenvalue weighted by molar-refractivity contribution is 5.92. The van der Waals surface area contributed by atoms with Gasteiger partial charge in [-0.25, -0.2) is 18.0 Å². The van der Waals surface area contributed by atoms with E-state index in [4.69, 9.17) is 0 Å². The Labute approximate surface area is 190 Å². The molecule has 6 heteroatoms. The SMILES string of the molecule is CCCCCCCNC(=O)N(Cc1ccc(CCC(C)C)cc1)c1c(F)cc(F)cc1F. The van der Waals surface area contributed by atoms with Crippen LogP contribution in [0.2, 0.25) is 0 Å². The van der Waals surface area contributed by atoms with Crippen LogP contribution in [-0.4, -0.2) is 12.6 Å². The van der Waals surface area contributed by atoms with Crippen LogP contribution < -0.4 is 10.2 Å². The Morgan fingerprint density at radius 3 is 2.12 bits per heavy atom. The van der Waals surface area contributed by atoms with Gasteiger partial charge in [-0.2, -0.15) is 0 Å². The fourth-order valence-electron chi connectivity index (χ4n) is 3.51. The number of anilines is 1. The van der Waals surface area contributed by atoms with E-state index in [2.05, 4.69) is 26.1 Å². The van der Waals surface area contributed by atoms with Crippen molar-refractivity contribution in [1.29, 1.82) is 0 Å². The van der Waals surface area contributed by atoms with Crippen LogP contribution in [0.5, 0.6) is 0 Å². The molecule has 2 aromatic carbocycles. The molecule has 0 aliphatic heterocycles. The van der Waals surface area contributed by atoms with Crippen molar-refractivity contribution < 1.29 is 18.0 Å². The Kier molecular flexibility index (Phi) is 10.6. The number of rotatable bonds is 12. The molecular weight excluding hydrogens is 413 g/mol. The second-order valence-corrected chi connectivity index (χ2v) is 8.70. The second-order valence-electron chi connectivity index (χ2n) is 8.70. The molecule has 0 saturated heterocycles. The molecule has 3 nitrogen and oxygen atoms in total. The summed E-state index contributed by atoms with van der Waals surface area (Å²) in [6.07, 6.45) is 7.13. The molecule has 0 spiro atoms. The predicted octanol–water partition coefficient (Wildman–Crippen LogP) is 7.38. The molecule has 0 bridgehead atoms. The number of carbonyl (C=O) groups excluding carboxylic acids is 1. The zero-order chi connectivity index (χ0) is 23.5. The summed E-state index contributed by atoms with van der Waals surface area (Å²) in [5, 5.41) is 2.75. The number of hydrogen-bond acceptors (Lipinski definition) is 1. The monoisotopic (exact) mass is 448 g/mol. The van der Waals surface area contributed by atoms with Gasteiger partial charge in [-0.3, -0.25) is 4.90 Å². The number of carbonyl (C=O) groups is 1. The third-order valence-electron chi connectivity index (χ3n) is 5.43. The minimum absolute atomic E-state index is 0.0222. The predicted molar refractivity (Wildman–Crippen MR) is 124 cm³/mol. The molecule has 1 N–H and O–H groups in total. The molecule has 2 amide bonds. The van der Waals surface area contributed by atoms with Crippen molar-refractivity contribution in [3.8, 4) is 0 Å². The number of unbranched alkanes of at least 4 members (excludes halogenated alkanes) is 4. The van der Waals surface area contributed by atoms with Gasteiger partial charge in [0.15, 0.2) is 11.6 Å². The van der Waals surface area contributed by atoms with Crippen molar-refractivity contribution in [2.24, 2.45) is 5.92 Å². The highest BCUT2D eigenvalue weighted by Crippen LogP contribution is 2.27. The summed E-state index contributed by atoms with van der Waals surface area (Å²) in [6, 6.07) is 8.25. The Hall–Kier alpha value is -2.50. The molecule has 0 atom stereocenters. The summed E-state index contributed by atoms with van der Waals surface area (Å²) in [5.41, 5.74) is 1.36. The molecule has 2 aromatic rings. The van der Waals surface area contributed by atoms with E-state index in [0.29, 0.717) is 24.6 Å². The summed E-state index contributed by atoms with van der Waals surface area (Å²) in [6.45, 7) is 6.85. The van der Waals surface area contributed by atoms with Crippen LogP contribution in [0.3, 0.4) is 0 Å². The van der Waals surface area contributed by atoms with Crippen LogP contribution in [0.15, 0.2) is 36.4 Å². The molecule has 0 aliphatic rings. The number of hydrogen-bond donors (Lipinski definition) is 1. The molecule has 0 heterocycles. The van der Waals surface area contributed by atoms with Gasteiger partial charge >= 0.3 is 6.03 Å². The lowest BCUT2D eigenvalue weighted by Crippen LogP contribution is -2.41. The fraction of sp³-hybridized carbons (Fsp3) is 0.500. The molecule has 0 aliphatic carbocycles. The first kappa shape index (κ1) is 25.8. The molecule has 32 heavy (non-hydrogen) atoms. The van der Waals surface area contributed by atoms with E-state index in [1.165, 1.54) is 5.56 Å². The van der Waals surface area contributed by atoms with Crippen LogP contribution >= 0.6 is 0 Å². The zero-order valence-corrected chi connectivity index (χ0v) is 19.4. The molecule has 2 rings (SSSR count). The van der Waals surface area contributed by atoms with Gasteiger partial charge in [0, 0.05) is 18.7 Å². The maximum absolute atomic E-state index is 14.5. The van der Waals surface area contributed by atoms with E-state index in [1.54, 1.807) is 0 Å². The first-order valence-corrected chi connectivity index (χ1v) is 11.6. The lowest BCUT2D eigenvalue weighted by atomic mass is 10.0. The average Bonchev–Trinajstić information content (AvgIpc) is 2.74. The first-order chi connectivity index (χ1) is 15.3. The quantitative estimate of drug-likeness (QED) is 0.338. The third-order valence-corrected chi connectivity index (χ3v) is 5.43. The number of aryl methyl sites for hydroxylation is 1. The van der Waals surface area contributed by atoms with E-state index in [9.17, 15) is 18.0 Å². The molecule has 0 aromatic heterocycles. The van der Waals surface area contributed by atoms with Gasteiger partial charge < -0.3 is 5.32 Å². The number of nitrogens with one attached hydrogen (secondary N) is 1. The largest absolute Gasteiger partial charge is 0.338 e. The van der Waals surface area contributed by atoms with Crippen molar-refractivity contribution in [2.45, 2.75) is 72.3 Å². The van der Waals surface area contributed by atoms with Crippen molar-refractivity contribution in [3.63, 3.8) is 0 Å². The van der Waals surface area contributed by atoms with Crippen molar-refractivity contribution in [3.05, 3.63) is 65.0 Å². The summed E-state index contributed by atoms with van der Waals surface area (Å²) >= 11 is 0. The number of benzene rings is 2. The van der Waals surface area contributed by atoms with Gasteiger partial charge in [-0.15, -0.1) is 0 Å². The van der Waals surface area contributed by atoms with Gasteiger partial charge in [0.25, 0.3) is 0 Å². The normalized spacial score (nSPS) is 11.1. The summed E-state index contributed by atoms with van der Waals surface area (Å²) in [5.74, 6) is -2.63. The fourth-order valence-corrected chi connectivity index (χ4v) is 3.51. The van der Waals surface area contributed by atoms with Crippen LogP contribution in [0, 0.1) is 23.4 Å². The van der Waals surface area contributed by atoms with Crippen LogP contribution in [0.1, 0.15) is 70.4 Å². The van der Waals surface area contributed by atoms with Gasteiger partial charge in [-0.1, -0.05) is 70.7 Å². The molecular formula is C26H35F3N2O. The highest BCUT2D eigenvalue weighted by atomic mass is 19.1. The Balaban J connectivity index is 2.15. The van der Waals surface area contributed by atoms with E-state index < -0.39 is 29.2 Å². The van der Waals surface area contributed by atoms with E-state index in [-0.39, 0.29) is 6.54 Å². The van der Waals surface area contributed by atoms with Gasteiger partial charge in [0.2, 0.25) is 0 Å². The molecule has 0 radical (unpaired) electrons. The highest BCUT2D eigenvalue weighted by Gasteiger charge is 2.24. The Bertz CT molecular complexity index is 830. The van der Waals surface area contributed by atoms with E-state index in [1.807, 2.05) is 24.3 Å². The lowest BCUT2D eigenvalue weighted by Gasteiger charge is -2.24. The van der Waals surface area contributed by atoms with E-state index >= 15 is 0 Å². The number of halogens is 3. The summed E-state index contributed by atoms with van der Waals surface area (Å²) < 4.78 is 42.4.